The van der Waals surface area contributed by atoms with E-state index in [9.17, 15) is 9.90 Å². The lowest BCUT2D eigenvalue weighted by molar-refractivity contribution is -0.140. The average molecular weight is 341 g/mol. The number of amides is 1. The summed E-state index contributed by atoms with van der Waals surface area (Å²) in [5.74, 6) is 0.745. The van der Waals surface area contributed by atoms with Gasteiger partial charge < -0.3 is 15.0 Å². The molecule has 0 unspecified atom stereocenters. The van der Waals surface area contributed by atoms with Crippen LogP contribution in [0.15, 0.2) is 18.6 Å². The first kappa shape index (κ1) is 17.4. The average Bonchev–Trinajstić information content (AvgIpc) is 3.08. The maximum absolute atomic E-state index is 12.4. The van der Waals surface area contributed by atoms with E-state index in [-0.39, 0.29) is 23.3 Å². The van der Waals surface area contributed by atoms with Gasteiger partial charge in [-0.15, -0.1) is 0 Å². The Morgan fingerprint density at radius 2 is 2.12 bits per heavy atom. The fourth-order valence-corrected chi connectivity index (χ4v) is 3.23. The number of carbonyl (C=O) groups excluding carboxylic acids is 1. The molecule has 25 heavy (non-hydrogen) atoms. The van der Waals surface area contributed by atoms with Crippen LogP contribution in [0.5, 0.6) is 5.75 Å². The van der Waals surface area contributed by atoms with Crippen molar-refractivity contribution in [2.24, 2.45) is 5.92 Å². The monoisotopic (exact) mass is 341 g/mol. The maximum Gasteiger partial charge on any atom is 0.228 e. The Bertz CT molecular complexity index is 734. The molecule has 3 rings (SSSR count). The van der Waals surface area contributed by atoms with Crippen molar-refractivity contribution in [3.05, 3.63) is 36.8 Å². The van der Waals surface area contributed by atoms with Gasteiger partial charge in [0.25, 0.3) is 0 Å². The van der Waals surface area contributed by atoms with Crippen molar-refractivity contribution >= 4 is 5.91 Å². The SMILES string of the molecule is [CH]c1ncc(CN2CC(C(=O)N(CC)CC)C2)c(-c2ncc[nH]2)c1O. The Morgan fingerprint density at radius 3 is 2.72 bits per heavy atom. The molecule has 7 nitrogen and oxygen atoms in total. The van der Waals surface area contributed by atoms with Crippen LogP contribution in [0.1, 0.15) is 25.1 Å². The molecule has 2 N–H and O–H groups in total. The van der Waals surface area contributed by atoms with Gasteiger partial charge in [-0.25, -0.2) is 4.98 Å². The van der Waals surface area contributed by atoms with Crippen molar-refractivity contribution in [1.29, 1.82) is 0 Å². The molecule has 1 fully saturated rings. The Hall–Kier alpha value is -2.41. The van der Waals surface area contributed by atoms with E-state index in [1.165, 1.54) is 0 Å². The van der Waals surface area contributed by atoms with Gasteiger partial charge in [0.1, 0.15) is 11.6 Å². The predicted molar refractivity (Wildman–Crippen MR) is 93.6 cm³/mol. The van der Waals surface area contributed by atoms with E-state index in [2.05, 4.69) is 19.9 Å². The van der Waals surface area contributed by atoms with E-state index in [4.69, 9.17) is 6.92 Å². The summed E-state index contributed by atoms with van der Waals surface area (Å²) in [6.07, 6.45) is 4.97. The van der Waals surface area contributed by atoms with Crippen LogP contribution < -0.4 is 0 Å². The highest BCUT2D eigenvalue weighted by Gasteiger charge is 2.35. The summed E-state index contributed by atoms with van der Waals surface area (Å²) < 4.78 is 0. The number of imidazole rings is 1. The number of rotatable bonds is 6. The van der Waals surface area contributed by atoms with Gasteiger partial charge in [-0.3, -0.25) is 14.7 Å². The van der Waals surface area contributed by atoms with E-state index in [0.29, 0.717) is 31.0 Å². The standard InChI is InChI=1S/C18H23N5O2/c1-4-23(5-2)18(25)14-10-22(11-14)9-13-8-21-12(3)16(24)15(13)17-19-6-7-20-17/h3,6-8,14,24H,4-5,9-11H2,1-2H3,(H,19,20). The Balaban J connectivity index is 1.72. The smallest absolute Gasteiger partial charge is 0.228 e. The molecule has 1 aliphatic rings. The molecule has 2 aromatic rings. The molecule has 1 aliphatic heterocycles. The molecule has 0 spiro atoms. The van der Waals surface area contributed by atoms with Crippen LogP contribution >= 0.6 is 0 Å². The lowest BCUT2D eigenvalue weighted by Crippen LogP contribution is -2.54. The van der Waals surface area contributed by atoms with E-state index in [0.717, 1.165) is 18.7 Å². The van der Waals surface area contributed by atoms with E-state index >= 15 is 0 Å². The van der Waals surface area contributed by atoms with E-state index in [1.54, 1.807) is 18.6 Å². The number of aromatic amines is 1. The zero-order valence-corrected chi connectivity index (χ0v) is 14.6. The molecule has 132 valence electrons. The van der Waals surface area contributed by atoms with Crippen LogP contribution in [-0.2, 0) is 11.3 Å². The molecule has 2 aromatic heterocycles. The highest BCUT2D eigenvalue weighted by molar-refractivity contribution is 5.80. The number of hydrogen-bond donors (Lipinski definition) is 2. The summed E-state index contributed by atoms with van der Waals surface area (Å²) in [4.78, 5) is 27.6. The van der Waals surface area contributed by atoms with Gasteiger partial charge in [0.2, 0.25) is 5.91 Å². The second-order valence-corrected chi connectivity index (χ2v) is 6.23. The van der Waals surface area contributed by atoms with E-state index in [1.807, 2.05) is 18.7 Å². The zero-order valence-electron chi connectivity index (χ0n) is 14.6. The van der Waals surface area contributed by atoms with Crippen molar-refractivity contribution in [2.45, 2.75) is 20.4 Å². The quantitative estimate of drug-likeness (QED) is 0.832. The number of aromatic nitrogens is 3. The molecule has 0 saturated carbocycles. The molecule has 0 bridgehead atoms. The maximum atomic E-state index is 12.4. The Kier molecular flexibility index (Phi) is 5.03. The molecule has 1 amide bonds. The van der Waals surface area contributed by atoms with Gasteiger partial charge in [-0.05, 0) is 19.4 Å². The van der Waals surface area contributed by atoms with Crippen LogP contribution in [-0.4, -0.2) is 61.9 Å². The topological polar surface area (TPSA) is 85.4 Å². The lowest BCUT2D eigenvalue weighted by Gasteiger charge is -2.40. The lowest BCUT2D eigenvalue weighted by atomic mass is 9.96. The number of aromatic hydroxyl groups is 1. The largest absolute Gasteiger partial charge is 0.505 e. The number of carbonyl (C=O) groups is 1. The minimum Gasteiger partial charge on any atom is -0.505 e. The van der Waals surface area contributed by atoms with Crippen molar-refractivity contribution in [2.75, 3.05) is 26.2 Å². The zero-order chi connectivity index (χ0) is 18.0. The van der Waals surface area contributed by atoms with Crippen molar-refractivity contribution in [3.8, 4) is 17.1 Å². The number of hydrogen-bond acceptors (Lipinski definition) is 5. The van der Waals surface area contributed by atoms with Gasteiger partial charge in [-0.1, -0.05) is 0 Å². The molecular formula is C18H23N5O2. The highest BCUT2D eigenvalue weighted by Crippen LogP contribution is 2.33. The highest BCUT2D eigenvalue weighted by atomic mass is 16.3. The number of nitrogens with one attached hydrogen (secondary N) is 1. The van der Waals surface area contributed by atoms with Crippen molar-refractivity contribution in [1.82, 2.24) is 24.8 Å². The van der Waals surface area contributed by atoms with Crippen LogP contribution in [0, 0.1) is 12.8 Å². The minimum atomic E-state index is -0.0660. The molecule has 2 radical (unpaired) electrons. The first-order chi connectivity index (χ1) is 12.0. The van der Waals surface area contributed by atoms with E-state index < -0.39 is 0 Å². The fraction of sp³-hybridized carbons (Fsp3) is 0.444. The van der Waals surface area contributed by atoms with Crippen LogP contribution in [0.4, 0.5) is 0 Å². The van der Waals surface area contributed by atoms with Gasteiger partial charge >= 0.3 is 0 Å². The Morgan fingerprint density at radius 1 is 1.40 bits per heavy atom. The summed E-state index contributed by atoms with van der Waals surface area (Å²) in [7, 11) is 0. The van der Waals surface area contributed by atoms with Crippen LogP contribution in [0.2, 0.25) is 0 Å². The molecule has 0 atom stereocenters. The second kappa shape index (κ2) is 7.23. The summed E-state index contributed by atoms with van der Waals surface area (Å²) >= 11 is 0. The van der Waals surface area contributed by atoms with Crippen LogP contribution in [0.25, 0.3) is 11.4 Å². The predicted octanol–water partition coefficient (Wildman–Crippen LogP) is 1.54. The first-order valence-electron chi connectivity index (χ1n) is 8.52. The second-order valence-electron chi connectivity index (χ2n) is 6.23. The summed E-state index contributed by atoms with van der Waals surface area (Å²) in [6, 6.07) is 0. The first-order valence-corrected chi connectivity index (χ1v) is 8.52. The summed E-state index contributed by atoms with van der Waals surface area (Å²) in [6.45, 7) is 13.2. The third-order valence-electron chi connectivity index (χ3n) is 4.67. The third-order valence-corrected chi connectivity index (χ3v) is 4.67. The molecular weight excluding hydrogens is 318 g/mol. The van der Waals surface area contributed by atoms with Crippen LogP contribution in [0.3, 0.4) is 0 Å². The number of likely N-dealkylation sites (tertiary alicyclic amines) is 1. The van der Waals surface area contributed by atoms with Gasteiger partial charge in [0.05, 0.1) is 17.2 Å². The number of pyridine rings is 1. The molecule has 1 saturated heterocycles. The summed E-state index contributed by atoms with van der Waals surface area (Å²) in [5, 5.41) is 10.3. The third kappa shape index (κ3) is 3.37. The number of H-pyrrole nitrogens is 1. The number of nitrogens with zero attached hydrogens (tertiary/aromatic N) is 4. The van der Waals surface area contributed by atoms with Crippen molar-refractivity contribution < 1.29 is 9.90 Å². The fourth-order valence-electron chi connectivity index (χ4n) is 3.23. The normalized spacial score (nSPS) is 15.2. The minimum absolute atomic E-state index is 0.0438. The molecule has 7 heteroatoms. The van der Waals surface area contributed by atoms with Gasteiger partial charge in [0, 0.05) is 58.2 Å². The van der Waals surface area contributed by atoms with Crippen molar-refractivity contribution in [3.63, 3.8) is 0 Å². The molecule has 3 heterocycles. The van der Waals surface area contributed by atoms with Gasteiger partial charge in [-0.2, -0.15) is 0 Å². The Labute approximate surface area is 147 Å². The molecule has 0 aromatic carbocycles. The molecule has 0 aliphatic carbocycles. The van der Waals surface area contributed by atoms with Gasteiger partial charge in [0.15, 0.2) is 0 Å². The summed E-state index contributed by atoms with van der Waals surface area (Å²) in [5.41, 5.74) is 1.47.